The van der Waals surface area contributed by atoms with E-state index in [4.69, 9.17) is 14.5 Å². The molecule has 0 saturated heterocycles. The molecule has 4 aromatic rings. The highest BCUT2D eigenvalue weighted by Gasteiger charge is 2.22. The van der Waals surface area contributed by atoms with Gasteiger partial charge in [-0.05, 0) is 54.6 Å². The van der Waals surface area contributed by atoms with E-state index < -0.39 is 10.0 Å². The summed E-state index contributed by atoms with van der Waals surface area (Å²) in [6.07, 6.45) is 0. The number of hydrogen-bond donors (Lipinski definition) is 2. The highest BCUT2D eigenvalue weighted by molar-refractivity contribution is 7.89. The van der Waals surface area contributed by atoms with Crippen LogP contribution < -0.4 is 15.8 Å². The molecule has 6 nitrogen and oxygen atoms in total. The Hall–Kier alpha value is -4.72. The van der Waals surface area contributed by atoms with Gasteiger partial charge in [0.05, 0.1) is 15.9 Å². The van der Waals surface area contributed by atoms with Crippen LogP contribution >= 0.6 is 0 Å². The highest BCUT2D eigenvalue weighted by atomic mass is 32.2. The first-order valence-corrected chi connectivity index (χ1v) is 13.5. The molecule has 1 heterocycles. The summed E-state index contributed by atoms with van der Waals surface area (Å²) in [5, 5.41) is 10.5. The van der Waals surface area contributed by atoms with Crippen molar-refractivity contribution in [1.29, 1.82) is 0 Å². The fourth-order valence-corrected chi connectivity index (χ4v) is 5.32. The van der Waals surface area contributed by atoms with Crippen molar-refractivity contribution in [2.24, 2.45) is 10.1 Å². The maximum absolute atomic E-state index is 12.5. The average Bonchev–Trinajstić information content (AvgIpc) is 2.92. The van der Waals surface area contributed by atoms with E-state index >= 15 is 0 Å². The number of primary sulfonamides is 1. The van der Waals surface area contributed by atoms with Crippen molar-refractivity contribution >= 4 is 38.1 Å². The summed E-state index contributed by atoms with van der Waals surface area (Å²) in [5.41, 5.74) is 5.18. The average molecular weight is 518 g/mol. The Labute approximate surface area is 220 Å². The normalized spacial score (nSPS) is 12.2. The standard InChI is InChI=1S/C31H23N3O3S/c32-38(35,36)30-14-8-7-13-27(30)31-25-17-15-23(33-21-9-3-1-4-10-21)19-28(25)37-29-20-24(16-18-26(29)31)34-22-11-5-2-6-12-22/h1-20,33H,(H2,32,35,36). The van der Waals surface area contributed by atoms with E-state index in [1.54, 1.807) is 18.2 Å². The molecule has 7 heteroatoms. The van der Waals surface area contributed by atoms with E-state index in [2.05, 4.69) is 5.32 Å². The number of fused-ring (bicyclic) bond motifs is 2. The smallest absolute Gasteiger partial charge is 0.238 e. The molecule has 0 bridgehead atoms. The first-order valence-electron chi connectivity index (χ1n) is 12.0. The predicted molar refractivity (Wildman–Crippen MR) is 151 cm³/mol. The van der Waals surface area contributed by atoms with Gasteiger partial charge in [0.1, 0.15) is 11.3 Å². The van der Waals surface area contributed by atoms with Gasteiger partial charge in [0.15, 0.2) is 0 Å². The quantitative estimate of drug-likeness (QED) is 0.245. The third-order valence-electron chi connectivity index (χ3n) is 6.25. The fraction of sp³-hybridized carbons (Fsp3) is 0. The van der Waals surface area contributed by atoms with Crippen LogP contribution in [0.2, 0.25) is 0 Å². The van der Waals surface area contributed by atoms with E-state index in [0.717, 1.165) is 38.9 Å². The van der Waals surface area contributed by atoms with Crippen LogP contribution in [0.15, 0.2) is 136 Å². The van der Waals surface area contributed by atoms with E-state index in [1.165, 1.54) is 6.07 Å². The highest BCUT2D eigenvalue weighted by Crippen LogP contribution is 2.42. The van der Waals surface area contributed by atoms with Crippen molar-refractivity contribution in [3.63, 3.8) is 0 Å². The van der Waals surface area contributed by atoms with Gasteiger partial charge in [-0.25, -0.2) is 18.5 Å². The van der Waals surface area contributed by atoms with Crippen LogP contribution in [0.3, 0.4) is 0 Å². The predicted octanol–water partition coefficient (Wildman–Crippen LogP) is 6.83. The lowest BCUT2D eigenvalue weighted by molar-refractivity contribution is 0.598. The maximum Gasteiger partial charge on any atom is 0.238 e. The number of nitrogens with zero attached hydrogens (tertiary/aromatic N) is 1. The molecular formula is C31H23N3O3S. The van der Waals surface area contributed by atoms with Crippen LogP contribution in [-0.4, -0.2) is 8.42 Å². The van der Waals surface area contributed by atoms with Crippen molar-refractivity contribution < 1.29 is 12.8 Å². The molecular weight excluding hydrogens is 494 g/mol. The van der Waals surface area contributed by atoms with Gasteiger partial charge in [0.2, 0.25) is 10.0 Å². The van der Waals surface area contributed by atoms with Gasteiger partial charge >= 0.3 is 0 Å². The molecule has 0 saturated carbocycles. The van der Waals surface area contributed by atoms with Crippen LogP contribution in [0.5, 0.6) is 0 Å². The molecule has 0 radical (unpaired) electrons. The number of anilines is 2. The molecule has 0 unspecified atom stereocenters. The van der Waals surface area contributed by atoms with Gasteiger partial charge in [-0.3, -0.25) is 0 Å². The van der Waals surface area contributed by atoms with Gasteiger partial charge in [-0.2, -0.15) is 0 Å². The molecule has 0 fully saturated rings. The molecule has 2 aliphatic rings. The van der Waals surface area contributed by atoms with Gasteiger partial charge in [-0.1, -0.05) is 54.6 Å². The monoisotopic (exact) mass is 517 g/mol. The SMILES string of the molecule is NS(=O)(=O)c1ccccc1-c1c2ccc(=Nc3ccccc3)cc-2oc2cc(Nc3ccccc3)ccc12. The van der Waals surface area contributed by atoms with E-state index in [0.29, 0.717) is 16.9 Å². The van der Waals surface area contributed by atoms with Crippen LogP contribution in [-0.2, 0) is 10.0 Å². The Balaban J connectivity index is 1.62. The number of para-hydroxylation sites is 2. The molecule has 6 rings (SSSR count). The zero-order chi connectivity index (χ0) is 26.1. The lowest BCUT2D eigenvalue weighted by Gasteiger charge is -2.18. The van der Waals surface area contributed by atoms with Gasteiger partial charge < -0.3 is 9.73 Å². The number of hydrogen-bond acceptors (Lipinski definition) is 5. The van der Waals surface area contributed by atoms with E-state index in [-0.39, 0.29) is 4.90 Å². The second-order valence-corrected chi connectivity index (χ2v) is 10.4. The zero-order valence-corrected chi connectivity index (χ0v) is 21.0. The van der Waals surface area contributed by atoms with Crippen LogP contribution in [0, 0.1) is 0 Å². The molecule has 0 atom stereocenters. The largest absolute Gasteiger partial charge is 0.456 e. The summed E-state index contributed by atoms with van der Waals surface area (Å²) in [6.45, 7) is 0. The van der Waals surface area contributed by atoms with Crippen LogP contribution in [0.4, 0.5) is 17.1 Å². The maximum atomic E-state index is 12.5. The minimum atomic E-state index is -3.98. The molecule has 3 N–H and O–H groups in total. The summed E-state index contributed by atoms with van der Waals surface area (Å²) in [4.78, 5) is 4.77. The topological polar surface area (TPSA) is 97.7 Å². The van der Waals surface area contributed by atoms with Crippen molar-refractivity contribution in [2.75, 3.05) is 5.32 Å². The molecule has 1 aliphatic heterocycles. The first kappa shape index (κ1) is 23.7. The summed E-state index contributed by atoms with van der Waals surface area (Å²) in [7, 11) is -3.98. The lowest BCUT2D eigenvalue weighted by Crippen LogP contribution is -2.13. The molecule has 38 heavy (non-hydrogen) atoms. The molecule has 0 spiro atoms. The minimum Gasteiger partial charge on any atom is -0.456 e. The fourth-order valence-electron chi connectivity index (χ4n) is 4.58. The van der Waals surface area contributed by atoms with Gasteiger partial charge in [0, 0.05) is 45.6 Å². The van der Waals surface area contributed by atoms with E-state index in [1.807, 2.05) is 97.1 Å². The number of sulfonamides is 1. The van der Waals surface area contributed by atoms with Crippen LogP contribution in [0.1, 0.15) is 0 Å². The molecule has 186 valence electrons. The third-order valence-corrected chi connectivity index (χ3v) is 7.21. The Kier molecular flexibility index (Phi) is 5.99. The first-order chi connectivity index (χ1) is 18.5. The second-order valence-electron chi connectivity index (χ2n) is 8.85. The Morgan fingerprint density at radius 1 is 0.684 bits per heavy atom. The third kappa shape index (κ3) is 4.68. The van der Waals surface area contributed by atoms with Gasteiger partial charge in [0.25, 0.3) is 0 Å². The number of nitrogens with two attached hydrogens (primary N) is 1. The van der Waals surface area contributed by atoms with Crippen molar-refractivity contribution in [1.82, 2.24) is 0 Å². The summed E-state index contributed by atoms with van der Waals surface area (Å²) < 4.78 is 31.5. The molecule has 1 aliphatic carbocycles. The second kappa shape index (κ2) is 9.63. The minimum absolute atomic E-state index is 0.0540. The summed E-state index contributed by atoms with van der Waals surface area (Å²) in [6, 6.07) is 37.7. The Bertz CT molecular complexity index is 1920. The van der Waals surface area contributed by atoms with Crippen molar-refractivity contribution in [3.05, 3.63) is 127 Å². The number of rotatable bonds is 5. The number of nitrogens with one attached hydrogen (secondary N) is 1. The summed E-state index contributed by atoms with van der Waals surface area (Å²) >= 11 is 0. The van der Waals surface area contributed by atoms with Gasteiger partial charge in [-0.15, -0.1) is 0 Å². The Morgan fingerprint density at radius 2 is 1.39 bits per heavy atom. The molecule has 4 aromatic carbocycles. The van der Waals surface area contributed by atoms with Crippen molar-refractivity contribution in [3.8, 4) is 22.5 Å². The molecule has 0 amide bonds. The molecule has 0 aromatic heterocycles. The summed E-state index contributed by atoms with van der Waals surface area (Å²) in [5.74, 6) is 0.575. The van der Waals surface area contributed by atoms with Crippen LogP contribution in [0.25, 0.3) is 33.4 Å². The Morgan fingerprint density at radius 3 is 2.16 bits per heavy atom. The lowest BCUT2D eigenvalue weighted by atomic mass is 9.93. The zero-order valence-electron chi connectivity index (χ0n) is 20.2. The van der Waals surface area contributed by atoms with Crippen molar-refractivity contribution in [2.45, 2.75) is 4.90 Å². The van der Waals surface area contributed by atoms with E-state index in [9.17, 15) is 8.42 Å². The number of benzene rings is 5.